The van der Waals surface area contributed by atoms with Gasteiger partial charge in [0.1, 0.15) is 0 Å². The summed E-state index contributed by atoms with van der Waals surface area (Å²) in [5.41, 5.74) is 2.13. The molecule has 3 aromatic rings. The highest BCUT2D eigenvalue weighted by Crippen LogP contribution is 2.17. The summed E-state index contributed by atoms with van der Waals surface area (Å²) >= 11 is 0. The summed E-state index contributed by atoms with van der Waals surface area (Å²) < 4.78 is 0. The number of rotatable bonds is 4. The maximum Gasteiger partial charge on any atom is 0.337 e. The number of hydrogen-bond donors (Lipinski definition) is 3. The molecule has 0 fully saturated rings. The third-order valence-corrected chi connectivity index (χ3v) is 3.37. The summed E-state index contributed by atoms with van der Waals surface area (Å²) in [5.74, 6) is -1.33. The largest absolute Gasteiger partial charge is 0.478 e. The molecule has 0 unspecified atom stereocenters. The minimum atomic E-state index is -1.07. The number of carboxylic acid groups (broad SMARTS) is 1. The van der Waals surface area contributed by atoms with Crippen molar-refractivity contribution in [1.82, 2.24) is 4.98 Å². The van der Waals surface area contributed by atoms with E-state index >= 15 is 0 Å². The van der Waals surface area contributed by atoms with Gasteiger partial charge in [-0.25, -0.2) is 4.79 Å². The van der Waals surface area contributed by atoms with Gasteiger partial charge < -0.3 is 15.4 Å². The molecule has 5 nitrogen and oxygen atoms in total. The molecular weight excluding hydrogens is 280 g/mol. The molecule has 1 heterocycles. The van der Waals surface area contributed by atoms with E-state index in [2.05, 4.69) is 10.3 Å². The van der Waals surface area contributed by atoms with Gasteiger partial charge in [0.15, 0.2) is 0 Å². The van der Waals surface area contributed by atoms with Gasteiger partial charge in [-0.3, -0.25) is 4.79 Å². The summed E-state index contributed by atoms with van der Waals surface area (Å²) in [7, 11) is 0. The number of carbonyl (C=O) groups is 2. The van der Waals surface area contributed by atoms with E-state index in [4.69, 9.17) is 5.11 Å². The van der Waals surface area contributed by atoms with Gasteiger partial charge >= 0.3 is 5.97 Å². The summed E-state index contributed by atoms with van der Waals surface area (Å²) in [4.78, 5) is 26.4. The first kappa shape index (κ1) is 13.9. The molecule has 0 spiro atoms. The third kappa shape index (κ3) is 2.83. The molecule has 110 valence electrons. The van der Waals surface area contributed by atoms with Crippen LogP contribution in [-0.2, 0) is 11.2 Å². The van der Waals surface area contributed by atoms with Crippen molar-refractivity contribution in [2.45, 2.75) is 6.42 Å². The van der Waals surface area contributed by atoms with Gasteiger partial charge in [-0.15, -0.1) is 0 Å². The Kier molecular flexibility index (Phi) is 3.62. The molecule has 3 rings (SSSR count). The number of hydrogen-bond acceptors (Lipinski definition) is 2. The Labute approximate surface area is 126 Å². The molecule has 1 aromatic heterocycles. The van der Waals surface area contributed by atoms with Gasteiger partial charge in [0.25, 0.3) is 0 Å². The van der Waals surface area contributed by atoms with Crippen LogP contribution in [0.5, 0.6) is 0 Å². The molecule has 2 aromatic carbocycles. The second-order valence-corrected chi connectivity index (χ2v) is 4.96. The Bertz CT molecular complexity index is 819. The number of aromatic carboxylic acids is 1. The Morgan fingerprint density at radius 3 is 2.55 bits per heavy atom. The standard InChI is InChI=1S/C17H14N2O3/c20-16(19-15-8-4-2-6-13(15)17(21)22)10-12-9-11-5-1-3-7-14(11)18-12/h1-9,18H,10H2,(H,19,20)(H,21,22). The maximum absolute atomic E-state index is 12.1. The van der Waals surface area contributed by atoms with E-state index < -0.39 is 5.97 Å². The van der Waals surface area contributed by atoms with E-state index in [9.17, 15) is 9.59 Å². The lowest BCUT2D eigenvalue weighted by atomic mass is 10.1. The van der Waals surface area contributed by atoms with E-state index in [1.165, 1.54) is 6.07 Å². The highest BCUT2D eigenvalue weighted by atomic mass is 16.4. The van der Waals surface area contributed by atoms with Crippen LogP contribution in [0.2, 0.25) is 0 Å². The zero-order valence-corrected chi connectivity index (χ0v) is 11.7. The predicted octanol–water partition coefficient (Wildman–Crippen LogP) is 3.05. The number of fused-ring (bicyclic) bond motifs is 1. The number of carbonyl (C=O) groups excluding carboxylic acids is 1. The average Bonchev–Trinajstić information content (AvgIpc) is 2.89. The molecule has 1 amide bonds. The average molecular weight is 294 g/mol. The van der Waals surface area contributed by atoms with E-state index in [1.807, 2.05) is 30.3 Å². The SMILES string of the molecule is O=C(Cc1cc2ccccc2[nH]1)Nc1ccccc1C(=O)O. The van der Waals surface area contributed by atoms with Crippen LogP contribution in [0, 0.1) is 0 Å². The number of nitrogens with one attached hydrogen (secondary N) is 2. The minimum absolute atomic E-state index is 0.0764. The first-order valence-electron chi connectivity index (χ1n) is 6.82. The van der Waals surface area contributed by atoms with Crippen LogP contribution < -0.4 is 5.32 Å². The highest BCUT2D eigenvalue weighted by molar-refractivity contribution is 6.01. The number of amides is 1. The number of anilines is 1. The third-order valence-electron chi connectivity index (χ3n) is 3.37. The van der Waals surface area contributed by atoms with Crippen LogP contribution in [0.4, 0.5) is 5.69 Å². The summed E-state index contributed by atoms with van der Waals surface area (Å²) in [6, 6.07) is 16.0. The lowest BCUT2D eigenvalue weighted by Crippen LogP contribution is -2.16. The van der Waals surface area contributed by atoms with E-state index in [1.54, 1.807) is 18.2 Å². The summed E-state index contributed by atoms with van der Waals surface area (Å²) in [5, 5.41) is 12.8. The quantitative estimate of drug-likeness (QED) is 0.691. The molecule has 0 atom stereocenters. The van der Waals surface area contributed by atoms with Crippen molar-refractivity contribution in [3.63, 3.8) is 0 Å². The summed E-state index contributed by atoms with van der Waals surface area (Å²) in [6.07, 6.45) is 0.155. The van der Waals surface area contributed by atoms with Crippen molar-refractivity contribution in [1.29, 1.82) is 0 Å². The van der Waals surface area contributed by atoms with E-state index in [-0.39, 0.29) is 17.9 Å². The summed E-state index contributed by atoms with van der Waals surface area (Å²) in [6.45, 7) is 0. The molecule has 0 saturated carbocycles. The molecular formula is C17H14N2O3. The lowest BCUT2D eigenvalue weighted by molar-refractivity contribution is -0.115. The number of benzene rings is 2. The molecule has 0 radical (unpaired) electrons. The van der Waals surface area contributed by atoms with E-state index in [0.29, 0.717) is 5.69 Å². The molecule has 0 aliphatic heterocycles. The van der Waals surface area contributed by atoms with Crippen molar-refractivity contribution >= 4 is 28.5 Å². The Morgan fingerprint density at radius 1 is 1.05 bits per heavy atom. The Hall–Kier alpha value is -3.08. The molecule has 0 aliphatic carbocycles. The first-order valence-corrected chi connectivity index (χ1v) is 6.82. The molecule has 22 heavy (non-hydrogen) atoms. The van der Waals surface area contributed by atoms with Gasteiger partial charge in [-0.2, -0.15) is 0 Å². The zero-order valence-electron chi connectivity index (χ0n) is 11.7. The number of carboxylic acids is 1. The number of aromatic amines is 1. The van der Waals surface area contributed by atoms with E-state index in [0.717, 1.165) is 16.6 Å². The number of aromatic nitrogens is 1. The van der Waals surface area contributed by atoms with Crippen LogP contribution in [0.1, 0.15) is 16.1 Å². The Morgan fingerprint density at radius 2 is 1.77 bits per heavy atom. The smallest absolute Gasteiger partial charge is 0.337 e. The van der Waals surface area contributed by atoms with Gasteiger partial charge in [0.2, 0.25) is 5.91 Å². The fourth-order valence-corrected chi connectivity index (χ4v) is 2.37. The molecule has 5 heteroatoms. The molecule has 0 aliphatic rings. The predicted molar refractivity (Wildman–Crippen MR) is 84.0 cm³/mol. The van der Waals surface area contributed by atoms with Crippen LogP contribution in [0.3, 0.4) is 0 Å². The second-order valence-electron chi connectivity index (χ2n) is 4.96. The zero-order chi connectivity index (χ0) is 15.5. The minimum Gasteiger partial charge on any atom is -0.478 e. The van der Waals surface area contributed by atoms with Gasteiger partial charge in [-0.05, 0) is 29.7 Å². The van der Waals surface area contributed by atoms with Crippen molar-refractivity contribution in [2.75, 3.05) is 5.32 Å². The normalized spacial score (nSPS) is 10.5. The highest BCUT2D eigenvalue weighted by Gasteiger charge is 2.12. The monoisotopic (exact) mass is 294 g/mol. The van der Waals surface area contributed by atoms with Gasteiger partial charge in [-0.1, -0.05) is 30.3 Å². The Balaban J connectivity index is 1.76. The van der Waals surface area contributed by atoms with Crippen LogP contribution in [-0.4, -0.2) is 22.0 Å². The number of para-hydroxylation sites is 2. The van der Waals surface area contributed by atoms with Crippen LogP contribution >= 0.6 is 0 Å². The maximum atomic E-state index is 12.1. The van der Waals surface area contributed by atoms with Crippen molar-refractivity contribution in [3.05, 3.63) is 65.9 Å². The van der Waals surface area contributed by atoms with Crippen molar-refractivity contribution in [2.24, 2.45) is 0 Å². The second kappa shape index (κ2) is 5.73. The van der Waals surface area contributed by atoms with Crippen LogP contribution in [0.15, 0.2) is 54.6 Å². The number of H-pyrrole nitrogens is 1. The van der Waals surface area contributed by atoms with Gasteiger partial charge in [0.05, 0.1) is 17.7 Å². The fourth-order valence-electron chi connectivity index (χ4n) is 2.37. The lowest BCUT2D eigenvalue weighted by Gasteiger charge is -2.07. The first-order chi connectivity index (χ1) is 10.6. The van der Waals surface area contributed by atoms with Crippen molar-refractivity contribution < 1.29 is 14.7 Å². The van der Waals surface area contributed by atoms with Crippen LogP contribution in [0.25, 0.3) is 10.9 Å². The van der Waals surface area contributed by atoms with Crippen molar-refractivity contribution in [3.8, 4) is 0 Å². The van der Waals surface area contributed by atoms with Gasteiger partial charge in [0, 0.05) is 11.2 Å². The molecule has 0 bridgehead atoms. The fraction of sp³-hybridized carbons (Fsp3) is 0.0588. The molecule has 3 N–H and O–H groups in total. The topological polar surface area (TPSA) is 82.2 Å². The molecule has 0 saturated heterocycles.